The molecule has 3 aromatic rings. The van der Waals surface area contributed by atoms with E-state index in [2.05, 4.69) is 15.5 Å². The average molecular weight is 332 g/mol. The Morgan fingerprint density at radius 1 is 1.35 bits per heavy atom. The van der Waals surface area contributed by atoms with Gasteiger partial charge in [0.25, 0.3) is 0 Å². The summed E-state index contributed by atoms with van der Waals surface area (Å²) >= 11 is 6.05. The number of fused-ring (bicyclic) bond motifs is 1. The summed E-state index contributed by atoms with van der Waals surface area (Å²) in [6.07, 6.45) is 1.49. The lowest BCUT2D eigenvalue weighted by Crippen LogP contribution is -2.32. The largest absolute Gasteiger partial charge is 0.367 e. The Bertz CT molecular complexity index is 931. The van der Waals surface area contributed by atoms with E-state index in [-0.39, 0.29) is 12.5 Å². The number of halogens is 1. The first kappa shape index (κ1) is 15.2. The molecule has 0 aliphatic heterocycles. The van der Waals surface area contributed by atoms with E-state index in [0.29, 0.717) is 17.2 Å². The Labute approximate surface area is 136 Å². The molecule has 0 aliphatic carbocycles. The molecule has 7 nitrogen and oxygen atoms in total. The highest BCUT2D eigenvalue weighted by atomic mass is 35.5. The van der Waals surface area contributed by atoms with Crippen molar-refractivity contribution in [2.45, 2.75) is 20.0 Å². The minimum atomic E-state index is -0.450. The maximum absolute atomic E-state index is 12.0. The summed E-state index contributed by atoms with van der Waals surface area (Å²) in [5.41, 5.74) is 1.81. The van der Waals surface area contributed by atoms with Crippen molar-refractivity contribution in [2.75, 3.05) is 0 Å². The van der Waals surface area contributed by atoms with E-state index in [9.17, 15) is 9.59 Å². The number of aryl methyl sites for hydroxylation is 1. The minimum absolute atomic E-state index is 0.165. The van der Waals surface area contributed by atoms with Crippen LogP contribution in [0.1, 0.15) is 11.1 Å². The molecule has 2 heterocycles. The van der Waals surface area contributed by atoms with Gasteiger partial charge < -0.3 is 5.32 Å². The van der Waals surface area contributed by atoms with Crippen molar-refractivity contribution in [2.24, 2.45) is 0 Å². The van der Waals surface area contributed by atoms with Gasteiger partial charge in [0.2, 0.25) is 5.91 Å². The molecule has 0 radical (unpaired) electrons. The molecule has 0 saturated heterocycles. The third-order valence-electron chi connectivity index (χ3n) is 3.37. The van der Waals surface area contributed by atoms with Gasteiger partial charge in [0.1, 0.15) is 6.54 Å². The molecule has 0 fully saturated rings. The first-order valence-electron chi connectivity index (χ1n) is 6.97. The molecule has 0 atom stereocenters. The second-order valence-electron chi connectivity index (χ2n) is 5.09. The van der Waals surface area contributed by atoms with Gasteiger partial charge in [-0.2, -0.15) is 9.61 Å². The number of aromatic nitrogens is 4. The molecule has 1 aromatic carbocycles. The summed E-state index contributed by atoms with van der Waals surface area (Å²) in [5, 5.41) is 11.3. The fourth-order valence-electron chi connectivity index (χ4n) is 2.10. The number of carbonyl (C=O) groups is 1. The lowest BCUT2D eigenvalue weighted by Gasteiger charge is -2.06. The van der Waals surface area contributed by atoms with Gasteiger partial charge in [0.05, 0.1) is 0 Å². The van der Waals surface area contributed by atoms with Crippen LogP contribution in [0.2, 0.25) is 5.02 Å². The summed E-state index contributed by atoms with van der Waals surface area (Å²) in [5.74, 6) is -0.313. The zero-order chi connectivity index (χ0) is 16.4. The quantitative estimate of drug-likeness (QED) is 0.778. The topological polar surface area (TPSA) is 81.3 Å². The summed E-state index contributed by atoms with van der Waals surface area (Å²) < 4.78 is 2.23. The van der Waals surface area contributed by atoms with Crippen LogP contribution in [0.4, 0.5) is 0 Å². The Kier molecular flexibility index (Phi) is 4.12. The van der Waals surface area contributed by atoms with E-state index < -0.39 is 5.69 Å². The van der Waals surface area contributed by atoms with Gasteiger partial charge in [-0.3, -0.25) is 4.79 Å². The van der Waals surface area contributed by atoms with Crippen molar-refractivity contribution in [3.8, 4) is 0 Å². The Hall–Kier alpha value is -2.67. The second kappa shape index (κ2) is 6.21. The van der Waals surface area contributed by atoms with Gasteiger partial charge in [-0.1, -0.05) is 23.7 Å². The molecule has 0 spiro atoms. The lowest BCUT2D eigenvalue weighted by molar-refractivity contribution is -0.122. The first-order chi connectivity index (χ1) is 11.0. The standard InChI is InChI=1S/C15H14ClN5O2/c1-10-4-5-11(7-12(10)16)8-17-14(22)9-20-15(23)21-13(19-20)3-2-6-18-21/h2-7H,8-9H2,1H3,(H,17,22). The monoisotopic (exact) mass is 331 g/mol. The summed E-state index contributed by atoms with van der Waals surface area (Å²) in [6.45, 7) is 2.08. The summed E-state index contributed by atoms with van der Waals surface area (Å²) in [7, 11) is 0. The second-order valence-corrected chi connectivity index (χ2v) is 5.50. The van der Waals surface area contributed by atoms with Crippen LogP contribution in [0.25, 0.3) is 5.65 Å². The van der Waals surface area contributed by atoms with Gasteiger partial charge in [-0.25, -0.2) is 9.48 Å². The molecule has 0 saturated carbocycles. The van der Waals surface area contributed by atoms with Crippen LogP contribution < -0.4 is 11.0 Å². The number of nitrogens with zero attached hydrogens (tertiary/aromatic N) is 4. The van der Waals surface area contributed by atoms with Crippen molar-refractivity contribution >= 4 is 23.2 Å². The molecule has 1 N–H and O–H groups in total. The van der Waals surface area contributed by atoms with E-state index in [4.69, 9.17) is 11.6 Å². The maximum Gasteiger partial charge on any atom is 0.367 e. The molecular weight excluding hydrogens is 318 g/mol. The summed E-state index contributed by atoms with van der Waals surface area (Å²) in [4.78, 5) is 24.0. The van der Waals surface area contributed by atoms with E-state index in [0.717, 1.165) is 20.3 Å². The summed E-state index contributed by atoms with van der Waals surface area (Å²) in [6, 6.07) is 8.91. The van der Waals surface area contributed by atoms with E-state index >= 15 is 0 Å². The van der Waals surface area contributed by atoms with Crippen LogP contribution in [0, 0.1) is 6.92 Å². The molecule has 0 aliphatic rings. The Morgan fingerprint density at radius 3 is 2.91 bits per heavy atom. The molecule has 8 heteroatoms. The van der Waals surface area contributed by atoms with Crippen molar-refractivity contribution in [1.29, 1.82) is 0 Å². The van der Waals surface area contributed by atoms with Crippen molar-refractivity contribution in [1.82, 2.24) is 24.7 Å². The number of hydrogen-bond donors (Lipinski definition) is 1. The number of nitrogens with one attached hydrogen (secondary N) is 1. The lowest BCUT2D eigenvalue weighted by atomic mass is 10.1. The Balaban J connectivity index is 1.67. The molecular formula is C15H14ClN5O2. The normalized spacial score (nSPS) is 10.9. The van der Waals surface area contributed by atoms with Crippen LogP contribution >= 0.6 is 11.6 Å². The third-order valence-corrected chi connectivity index (χ3v) is 3.78. The number of carbonyl (C=O) groups excluding carboxylic acids is 1. The first-order valence-corrected chi connectivity index (χ1v) is 7.35. The third kappa shape index (κ3) is 3.24. The smallest absolute Gasteiger partial charge is 0.350 e. The van der Waals surface area contributed by atoms with Crippen molar-refractivity contribution in [3.05, 3.63) is 63.2 Å². The molecule has 2 aromatic heterocycles. The van der Waals surface area contributed by atoms with Gasteiger partial charge in [-0.05, 0) is 36.2 Å². The fourth-order valence-corrected chi connectivity index (χ4v) is 2.31. The van der Waals surface area contributed by atoms with E-state index in [1.165, 1.54) is 6.20 Å². The number of rotatable bonds is 4. The minimum Gasteiger partial charge on any atom is -0.350 e. The molecule has 0 unspecified atom stereocenters. The average Bonchev–Trinajstić information content (AvgIpc) is 2.85. The van der Waals surface area contributed by atoms with Gasteiger partial charge in [0, 0.05) is 17.8 Å². The SMILES string of the molecule is Cc1ccc(CNC(=O)Cn2nc3cccnn3c2=O)cc1Cl. The van der Waals surface area contributed by atoms with Crippen LogP contribution in [0.15, 0.2) is 41.3 Å². The predicted octanol–water partition coefficient (Wildman–Crippen LogP) is 1.17. The van der Waals surface area contributed by atoms with Crippen molar-refractivity contribution in [3.63, 3.8) is 0 Å². The number of hydrogen-bond acceptors (Lipinski definition) is 4. The number of benzene rings is 1. The molecule has 0 bridgehead atoms. The van der Waals surface area contributed by atoms with Crippen LogP contribution in [-0.4, -0.2) is 25.3 Å². The van der Waals surface area contributed by atoms with Crippen LogP contribution in [-0.2, 0) is 17.9 Å². The van der Waals surface area contributed by atoms with Crippen molar-refractivity contribution < 1.29 is 4.79 Å². The molecule has 118 valence electrons. The number of amides is 1. The molecule has 23 heavy (non-hydrogen) atoms. The van der Waals surface area contributed by atoms with Gasteiger partial charge >= 0.3 is 5.69 Å². The highest BCUT2D eigenvalue weighted by Gasteiger charge is 2.11. The fraction of sp³-hybridized carbons (Fsp3) is 0.200. The Morgan fingerprint density at radius 2 is 2.17 bits per heavy atom. The maximum atomic E-state index is 12.0. The highest BCUT2D eigenvalue weighted by molar-refractivity contribution is 6.31. The van der Waals surface area contributed by atoms with Gasteiger partial charge in [0.15, 0.2) is 5.65 Å². The predicted molar refractivity (Wildman–Crippen MR) is 85.3 cm³/mol. The van der Waals surface area contributed by atoms with Gasteiger partial charge in [-0.15, -0.1) is 5.10 Å². The molecule has 1 amide bonds. The van der Waals surface area contributed by atoms with Crippen LogP contribution in [0.5, 0.6) is 0 Å². The zero-order valence-electron chi connectivity index (χ0n) is 12.4. The van der Waals surface area contributed by atoms with E-state index in [1.54, 1.807) is 18.2 Å². The zero-order valence-corrected chi connectivity index (χ0v) is 13.1. The van der Waals surface area contributed by atoms with Crippen LogP contribution in [0.3, 0.4) is 0 Å². The van der Waals surface area contributed by atoms with E-state index in [1.807, 2.05) is 19.1 Å². The highest BCUT2D eigenvalue weighted by Crippen LogP contribution is 2.16. The molecule has 3 rings (SSSR count).